The van der Waals surface area contributed by atoms with Gasteiger partial charge in [-0.15, -0.1) is 0 Å². The van der Waals surface area contributed by atoms with Gasteiger partial charge in [0.1, 0.15) is 0 Å². The predicted octanol–water partition coefficient (Wildman–Crippen LogP) is 1.73. The third-order valence-electron chi connectivity index (χ3n) is 3.06. The number of hydroxylamine groups is 2. The van der Waals surface area contributed by atoms with Gasteiger partial charge in [0.15, 0.2) is 0 Å². The molecule has 1 fully saturated rings. The Morgan fingerprint density at radius 1 is 1.38 bits per heavy atom. The first-order valence-corrected chi connectivity index (χ1v) is 6.26. The second kappa shape index (κ2) is 7.63. The van der Waals surface area contributed by atoms with E-state index in [1.54, 1.807) is 0 Å². The summed E-state index contributed by atoms with van der Waals surface area (Å²) in [6, 6.07) is 0. The first-order chi connectivity index (χ1) is 7.74. The normalized spacial score (nSPS) is 17.4. The minimum Gasteiger partial charge on any atom is -0.396 e. The number of carbonyl (C=O) groups is 1. The van der Waals surface area contributed by atoms with Gasteiger partial charge in [-0.1, -0.05) is 19.3 Å². The molecule has 0 heterocycles. The molecule has 1 N–H and O–H groups in total. The quantitative estimate of drug-likeness (QED) is 0.706. The molecule has 0 atom stereocenters. The van der Waals surface area contributed by atoms with Gasteiger partial charge in [-0.05, 0) is 25.2 Å². The molecule has 16 heavy (non-hydrogen) atoms. The van der Waals surface area contributed by atoms with Gasteiger partial charge in [0.25, 0.3) is 0 Å². The number of hydrogen-bond acceptors (Lipinski definition) is 3. The van der Waals surface area contributed by atoms with Crippen LogP contribution in [-0.2, 0) is 9.63 Å². The van der Waals surface area contributed by atoms with Crippen LogP contribution in [-0.4, -0.2) is 35.8 Å². The Hall–Kier alpha value is -0.610. The third kappa shape index (κ3) is 4.94. The molecule has 0 unspecified atom stereocenters. The van der Waals surface area contributed by atoms with Crippen LogP contribution in [0.5, 0.6) is 0 Å². The Labute approximate surface area is 97.5 Å². The number of hydrogen-bond donors (Lipinski definition) is 1. The number of aliphatic hydroxyl groups excluding tert-OH is 1. The highest BCUT2D eigenvalue weighted by Gasteiger charge is 2.16. The lowest BCUT2D eigenvalue weighted by Gasteiger charge is -2.25. The fourth-order valence-corrected chi connectivity index (χ4v) is 2.08. The van der Waals surface area contributed by atoms with Gasteiger partial charge >= 0.3 is 0 Å². The Morgan fingerprint density at radius 2 is 2.06 bits per heavy atom. The summed E-state index contributed by atoms with van der Waals surface area (Å²) in [5.41, 5.74) is 0. The highest BCUT2D eigenvalue weighted by Crippen LogP contribution is 2.23. The Morgan fingerprint density at radius 3 is 2.62 bits per heavy atom. The number of carbonyl (C=O) groups excluding carboxylic acids is 1. The molecule has 1 aliphatic rings. The minimum atomic E-state index is -0.0794. The molecule has 0 saturated heterocycles. The lowest BCUT2D eigenvalue weighted by molar-refractivity contribution is -0.190. The maximum Gasteiger partial charge on any atom is 0.242 e. The van der Waals surface area contributed by atoms with Gasteiger partial charge in [-0.3, -0.25) is 9.63 Å². The van der Waals surface area contributed by atoms with Crippen molar-refractivity contribution < 1.29 is 14.7 Å². The van der Waals surface area contributed by atoms with Crippen molar-refractivity contribution in [2.24, 2.45) is 5.92 Å². The summed E-state index contributed by atoms with van der Waals surface area (Å²) in [7, 11) is 0. The van der Waals surface area contributed by atoms with Crippen molar-refractivity contribution in [2.45, 2.75) is 45.4 Å². The molecule has 0 radical (unpaired) electrons. The molecule has 1 rings (SSSR count). The van der Waals surface area contributed by atoms with Crippen molar-refractivity contribution in [3.63, 3.8) is 0 Å². The van der Waals surface area contributed by atoms with Gasteiger partial charge in [-0.2, -0.15) is 0 Å². The molecule has 4 heteroatoms. The Kier molecular flexibility index (Phi) is 6.42. The van der Waals surface area contributed by atoms with Gasteiger partial charge < -0.3 is 5.11 Å². The van der Waals surface area contributed by atoms with E-state index in [2.05, 4.69) is 0 Å². The molecule has 0 aromatic rings. The second-order valence-electron chi connectivity index (χ2n) is 4.50. The number of nitrogens with zero attached hydrogens (tertiary/aromatic N) is 1. The van der Waals surface area contributed by atoms with Crippen LogP contribution in [0.1, 0.15) is 45.4 Å². The van der Waals surface area contributed by atoms with Crippen molar-refractivity contribution >= 4 is 5.91 Å². The minimum absolute atomic E-state index is 0.0794. The van der Waals surface area contributed by atoms with Crippen molar-refractivity contribution in [1.29, 1.82) is 0 Å². The van der Waals surface area contributed by atoms with Gasteiger partial charge in [0, 0.05) is 13.5 Å². The number of rotatable bonds is 6. The number of amides is 1. The summed E-state index contributed by atoms with van der Waals surface area (Å²) in [4.78, 5) is 16.8. The molecule has 94 valence electrons. The molecular weight excluding hydrogens is 206 g/mol. The molecule has 0 aromatic carbocycles. The zero-order chi connectivity index (χ0) is 11.8. The van der Waals surface area contributed by atoms with Crippen LogP contribution in [0, 0.1) is 5.92 Å². The van der Waals surface area contributed by atoms with E-state index in [4.69, 9.17) is 9.94 Å². The maximum absolute atomic E-state index is 11.2. The first kappa shape index (κ1) is 13.5. The molecule has 0 aliphatic heterocycles. The SMILES string of the molecule is CC(=O)N(CCCO)OCC1CCCCC1. The predicted molar refractivity (Wildman–Crippen MR) is 61.6 cm³/mol. The van der Waals surface area contributed by atoms with Crippen molar-refractivity contribution in [2.75, 3.05) is 19.8 Å². The van der Waals surface area contributed by atoms with Crippen LogP contribution < -0.4 is 0 Å². The third-order valence-corrected chi connectivity index (χ3v) is 3.06. The van der Waals surface area contributed by atoms with Crippen LogP contribution in [0.15, 0.2) is 0 Å². The molecule has 0 aromatic heterocycles. The van der Waals surface area contributed by atoms with E-state index >= 15 is 0 Å². The van der Waals surface area contributed by atoms with E-state index in [1.807, 2.05) is 0 Å². The molecule has 4 nitrogen and oxygen atoms in total. The maximum atomic E-state index is 11.2. The zero-order valence-electron chi connectivity index (χ0n) is 10.2. The average molecular weight is 229 g/mol. The fraction of sp³-hybridized carbons (Fsp3) is 0.917. The van der Waals surface area contributed by atoms with Gasteiger partial charge in [0.05, 0.1) is 13.2 Å². The lowest BCUT2D eigenvalue weighted by Crippen LogP contribution is -2.32. The van der Waals surface area contributed by atoms with E-state index in [0.29, 0.717) is 25.5 Å². The fourth-order valence-electron chi connectivity index (χ4n) is 2.08. The molecule has 0 spiro atoms. The van der Waals surface area contributed by atoms with Crippen LogP contribution in [0.25, 0.3) is 0 Å². The summed E-state index contributed by atoms with van der Waals surface area (Å²) in [5, 5.41) is 10.1. The van der Waals surface area contributed by atoms with Crippen LogP contribution in [0.3, 0.4) is 0 Å². The highest BCUT2D eigenvalue weighted by molar-refractivity contribution is 5.71. The molecule has 1 saturated carbocycles. The van der Waals surface area contributed by atoms with Crippen LogP contribution in [0.2, 0.25) is 0 Å². The summed E-state index contributed by atoms with van der Waals surface area (Å²) in [5.74, 6) is 0.522. The molecular formula is C12H23NO3. The smallest absolute Gasteiger partial charge is 0.242 e. The summed E-state index contributed by atoms with van der Waals surface area (Å²) in [6.07, 6.45) is 6.90. The standard InChI is InChI=1S/C12H23NO3/c1-11(15)13(8-5-9-14)16-10-12-6-3-2-4-7-12/h12,14H,2-10H2,1H3. The second-order valence-corrected chi connectivity index (χ2v) is 4.50. The average Bonchev–Trinajstić information content (AvgIpc) is 2.30. The first-order valence-electron chi connectivity index (χ1n) is 6.26. The molecule has 1 aliphatic carbocycles. The lowest BCUT2D eigenvalue weighted by atomic mass is 9.90. The van der Waals surface area contributed by atoms with E-state index in [0.717, 1.165) is 0 Å². The summed E-state index contributed by atoms with van der Waals surface area (Å²) in [6.45, 7) is 2.72. The van der Waals surface area contributed by atoms with E-state index in [1.165, 1.54) is 44.1 Å². The Balaban J connectivity index is 2.22. The van der Waals surface area contributed by atoms with Crippen LogP contribution in [0.4, 0.5) is 0 Å². The van der Waals surface area contributed by atoms with Gasteiger partial charge in [0.2, 0.25) is 5.91 Å². The summed E-state index contributed by atoms with van der Waals surface area (Å²) < 4.78 is 0. The van der Waals surface area contributed by atoms with Crippen molar-refractivity contribution in [1.82, 2.24) is 5.06 Å². The monoisotopic (exact) mass is 229 g/mol. The highest BCUT2D eigenvalue weighted by atomic mass is 16.7. The topological polar surface area (TPSA) is 49.8 Å². The molecule has 1 amide bonds. The van der Waals surface area contributed by atoms with Crippen molar-refractivity contribution in [3.8, 4) is 0 Å². The van der Waals surface area contributed by atoms with Crippen molar-refractivity contribution in [3.05, 3.63) is 0 Å². The Bertz CT molecular complexity index is 202. The van der Waals surface area contributed by atoms with E-state index in [9.17, 15) is 4.79 Å². The van der Waals surface area contributed by atoms with Crippen LogP contribution >= 0.6 is 0 Å². The van der Waals surface area contributed by atoms with E-state index < -0.39 is 0 Å². The van der Waals surface area contributed by atoms with E-state index in [-0.39, 0.29) is 12.5 Å². The summed E-state index contributed by atoms with van der Waals surface area (Å²) >= 11 is 0. The molecule has 0 bridgehead atoms. The zero-order valence-corrected chi connectivity index (χ0v) is 10.2. The largest absolute Gasteiger partial charge is 0.396 e. The van der Waals surface area contributed by atoms with Gasteiger partial charge in [-0.25, -0.2) is 5.06 Å². The number of aliphatic hydroxyl groups is 1.